The fraction of sp³-hybridized carbons (Fsp3) is 0.158. The highest BCUT2D eigenvalue weighted by molar-refractivity contribution is 6.36. The highest BCUT2D eigenvalue weighted by Crippen LogP contribution is 2.34. The molecule has 25 heavy (non-hydrogen) atoms. The molecular formula is C19H16Cl2N2O2. The lowest BCUT2D eigenvalue weighted by molar-refractivity contribution is -0.112. The lowest BCUT2D eigenvalue weighted by Gasteiger charge is -2.11. The Bertz CT molecular complexity index is 827. The lowest BCUT2D eigenvalue weighted by atomic mass is 10.1. The Labute approximate surface area is 156 Å². The van der Waals surface area contributed by atoms with E-state index in [2.05, 4.69) is 5.32 Å². The summed E-state index contributed by atoms with van der Waals surface area (Å²) < 4.78 is 5.64. The Morgan fingerprint density at radius 3 is 2.64 bits per heavy atom. The largest absolute Gasteiger partial charge is 0.491 e. The van der Waals surface area contributed by atoms with E-state index in [1.54, 1.807) is 36.4 Å². The molecule has 2 rings (SSSR count). The zero-order valence-corrected chi connectivity index (χ0v) is 15.1. The molecule has 0 aliphatic carbocycles. The van der Waals surface area contributed by atoms with Crippen molar-refractivity contribution in [3.8, 4) is 11.8 Å². The molecule has 0 saturated carbocycles. The van der Waals surface area contributed by atoms with E-state index < -0.39 is 5.91 Å². The molecule has 0 heterocycles. The molecule has 0 spiro atoms. The van der Waals surface area contributed by atoms with Crippen LogP contribution in [0.5, 0.6) is 5.75 Å². The van der Waals surface area contributed by atoms with E-state index in [-0.39, 0.29) is 5.57 Å². The van der Waals surface area contributed by atoms with Gasteiger partial charge in [0.25, 0.3) is 5.91 Å². The van der Waals surface area contributed by atoms with E-state index in [4.69, 9.17) is 27.9 Å². The van der Waals surface area contributed by atoms with Crippen LogP contribution in [0.25, 0.3) is 6.08 Å². The van der Waals surface area contributed by atoms with E-state index in [9.17, 15) is 10.1 Å². The number of nitrogens with one attached hydrogen (secondary N) is 1. The van der Waals surface area contributed by atoms with E-state index >= 15 is 0 Å². The Hall–Kier alpha value is -2.48. The third-order valence-corrected chi connectivity index (χ3v) is 3.68. The van der Waals surface area contributed by atoms with Crippen molar-refractivity contribution in [2.45, 2.75) is 13.3 Å². The number of nitrogens with zero attached hydrogens (tertiary/aromatic N) is 1. The van der Waals surface area contributed by atoms with Crippen LogP contribution in [0.4, 0.5) is 5.69 Å². The van der Waals surface area contributed by atoms with Crippen molar-refractivity contribution in [2.75, 3.05) is 11.9 Å². The van der Waals surface area contributed by atoms with Gasteiger partial charge < -0.3 is 10.1 Å². The van der Waals surface area contributed by atoms with Gasteiger partial charge in [-0.1, -0.05) is 48.3 Å². The van der Waals surface area contributed by atoms with Gasteiger partial charge in [0.05, 0.1) is 11.6 Å². The SMILES string of the molecule is CCCOc1c(Cl)cc(Cl)cc1/C=C(\C#N)C(=O)Nc1ccccc1. The van der Waals surface area contributed by atoms with Gasteiger partial charge in [-0.25, -0.2) is 0 Å². The number of carbonyl (C=O) groups excluding carboxylic acids is 1. The average molecular weight is 375 g/mol. The molecule has 4 nitrogen and oxygen atoms in total. The van der Waals surface area contributed by atoms with E-state index in [1.807, 2.05) is 19.1 Å². The number of halogens is 2. The molecular weight excluding hydrogens is 359 g/mol. The summed E-state index contributed by atoms with van der Waals surface area (Å²) in [5, 5.41) is 12.7. The Morgan fingerprint density at radius 1 is 1.28 bits per heavy atom. The van der Waals surface area contributed by atoms with Crippen LogP contribution in [0.1, 0.15) is 18.9 Å². The van der Waals surface area contributed by atoms with E-state index in [0.29, 0.717) is 33.7 Å². The number of amides is 1. The molecule has 0 radical (unpaired) electrons. The highest BCUT2D eigenvalue weighted by atomic mass is 35.5. The number of benzene rings is 2. The first kappa shape index (κ1) is 18.9. The standard InChI is InChI=1S/C19H16Cl2N2O2/c1-2-8-25-18-13(10-15(20)11-17(18)21)9-14(12-22)19(24)23-16-6-4-3-5-7-16/h3-7,9-11H,2,8H2,1H3,(H,23,24)/b14-9+. The summed E-state index contributed by atoms with van der Waals surface area (Å²) in [5.74, 6) is -0.126. The van der Waals surface area contributed by atoms with Gasteiger partial charge >= 0.3 is 0 Å². The maximum Gasteiger partial charge on any atom is 0.266 e. The van der Waals surface area contributed by atoms with Crippen molar-refractivity contribution in [1.29, 1.82) is 5.26 Å². The molecule has 0 atom stereocenters. The molecule has 6 heteroatoms. The predicted octanol–water partition coefficient (Wildman–Crippen LogP) is 5.33. The maximum atomic E-state index is 12.3. The van der Waals surface area contributed by atoms with Gasteiger partial charge in [-0.15, -0.1) is 0 Å². The molecule has 0 saturated heterocycles. The summed E-state index contributed by atoms with van der Waals surface area (Å²) in [6.45, 7) is 2.42. The molecule has 0 unspecified atom stereocenters. The Kier molecular flexibility index (Phi) is 6.88. The van der Waals surface area contributed by atoms with Crippen molar-refractivity contribution in [2.24, 2.45) is 0 Å². The van der Waals surface area contributed by atoms with Gasteiger partial charge in [0, 0.05) is 16.3 Å². The van der Waals surface area contributed by atoms with Crippen molar-refractivity contribution >= 4 is 40.9 Å². The Morgan fingerprint density at radius 2 is 2.00 bits per heavy atom. The molecule has 2 aromatic rings. The van der Waals surface area contributed by atoms with Crippen LogP contribution in [0.2, 0.25) is 10.0 Å². The van der Waals surface area contributed by atoms with Crippen molar-refractivity contribution in [1.82, 2.24) is 0 Å². The number of anilines is 1. The first-order chi connectivity index (χ1) is 12.0. The van der Waals surface area contributed by atoms with E-state index in [0.717, 1.165) is 6.42 Å². The maximum absolute atomic E-state index is 12.3. The van der Waals surface area contributed by atoms with Crippen LogP contribution in [0.15, 0.2) is 48.0 Å². The monoisotopic (exact) mass is 374 g/mol. The fourth-order valence-electron chi connectivity index (χ4n) is 2.07. The van der Waals surface area contributed by atoms with Crippen molar-refractivity contribution in [3.05, 3.63) is 63.6 Å². The van der Waals surface area contributed by atoms with Crippen molar-refractivity contribution < 1.29 is 9.53 Å². The minimum atomic E-state index is -0.522. The summed E-state index contributed by atoms with van der Waals surface area (Å²) in [5.41, 5.74) is 0.995. The molecule has 128 valence electrons. The van der Waals surface area contributed by atoms with Crippen LogP contribution in [0.3, 0.4) is 0 Å². The molecule has 1 N–H and O–H groups in total. The van der Waals surface area contributed by atoms with Gasteiger partial charge in [-0.05, 0) is 36.8 Å². The summed E-state index contributed by atoms with van der Waals surface area (Å²) in [6.07, 6.45) is 2.21. The first-order valence-corrected chi connectivity index (χ1v) is 8.40. The molecule has 0 aliphatic rings. The first-order valence-electron chi connectivity index (χ1n) is 7.65. The number of hydrogen-bond acceptors (Lipinski definition) is 3. The van der Waals surface area contributed by atoms with Crippen LogP contribution in [0, 0.1) is 11.3 Å². The van der Waals surface area contributed by atoms with Gasteiger partial charge in [0.15, 0.2) is 0 Å². The summed E-state index contributed by atoms with van der Waals surface area (Å²) in [6, 6.07) is 13.9. The molecule has 0 bridgehead atoms. The second-order valence-corrected chi connectivity index (χ2v) is 5.99. The molecule has 0 aliphatic heterocycles. The topological polar surface area (TPSA) is 62.1 Å². The molecule has 0 aromatic heterocycles. The number of ether oxygens (including phenoxy) is 1. The average Bonchev–Trinajstić information content (AvgIpc) is 2.59. The summed E-state index contributed by atoms with van der Waals surface area (Å²) in [4.78, 5) is 12.3. The fourth-order valence-corrected chi connectivity index (χ4v) is 2.63. The smallest absolute Gasteiger partial charge is 0.266 e. The number of nitriles is 1. The number of carbonyl (C=O) groups is 1. The molecule has 1 amide bonds. The van der Waals surface area contributed by atoms with Crippen LogP contribution >= 0.6 is 23.2 Å². The van der Waals surface area contributed by atoms with Gasteiger partial charge in [-0.3, -0.25) is 4.79 Å². The second kappa shape index (κ2) is 9.12. The highest BCUT2D eigenvalue weighted by Gasteiger charge is 2.14. The summed E-state index contributed by atoms with van der Waals surface area (Å²) >= 11 is 12.2. The summed E-state index contributed by atoms with van der Waals surface area (Å²) in [7, 11) is 0. The Balaban J connectivity index is 2.35. The minimum Gasteiger partial charge on any atom is -0.491 e. The lowest BCUT2D eigenvalue weighted by Crippen LogP contribution is -2.13. The van der Waals surface area contributed by atoms with Gasteiger partial charge in [-0.2, -0.15) is 5.26 Å². The molecule has 0 fully saturated rings. The number of rotatable bonds is 6. The van der Waals surface area contributed by atoms with Crippen LogP contribution < -0.4 is 10.1 Å². The second-order valence-electron chi connectivity index (χ2n) is 5.14. The number of hydrogen-bond donors (Lipinski definition) is 1. The zero-order valence-electron chi connectivity index (χ0n) is 13.6. The third kappa shape index (κ3) is 5.25. The van der Waals surface area contributed by atoms with E-state index in [1.165, 1.54) is 6.08 Å². The molecule has 2 aromatic carbocycles. The van der Waals surface area contributed by atoms with Crippen LogP contribution in [-0.2, 0) is 4.79 Å². The third-order valence-electron chi connectivity index (χ3n) is 3.18. The number of para-hydroxylation sites is 1. The van der Waals surface area contributed by atoms with Gasteiger partial charge in [0.2, 0.25) is 0 Å². The van der Waals surface area contributed by atoms with Crippen LogP contribution in [-0.4, -0.2) is 12.5 Å². The van der Waals surface area contributed by atoms with Gasteiger partial charge in [0.1, 0.15) is 17.4 Å². The predicted molar refractivity (Wildman–Crippen MR) is 101 cm³/mol. The zero-order chi connectivity index (χ0) is 18.2. The normalized spacial score (nSPS) is 10.9. The quantitative estimate of drug-likeness (QED) is 0.549. The van der Waals surface area contributed by atoms with Crippen molar-refractivity contribution in [3.63, 3.8) is 0 Å². The minimum absolute atomic E-state index is 0.0801.